The van der Waals surface area contributed by atoms with Crippen molar-refractivity contribution in [2.75, 3.05) is 19.7 Å². The molecule has 39 heavy (non-hydrogen) atoms. The van der Waals surface area contributed by atoms with Crippen LogP contribution in [0, 0.1) is 5.92 Å². The van der Waals surface area contributed by atoms with Crippen molar-refractivity contribution < 1.29 is 38.1 Å². The Morgan fingerprint density at radius 2 is 1.44 bits per heavy atom. The Labute approximate surface area is 234 Å². The second-order valence-electron chi connectivity index (χ2n) is 11.1. The molecular formula is C30H51NO8. The Bertz CT molecular complexity index is 772. The fourth-order valence-electron chi connectivity index (χ4n) is 5.62. The molecule has 0 radical (unpaired) electrons. The number of hydrogen-bond acceptors (Lipinski definition) is 9. The van der Waals surface area contributed by atoms with Gasteiger partial charge in [-0.25, -0.2) is 0 Å². The van der Waals surface area contributed by atoms with E-state index in [0.717, 1.165) is 19.0 Å². The van der Waals surface area contributed by atoms with E-state index in [2.05, 4.69) is 4.90 Å². The van der Waals surface area contributed by atoms with Crippen molar-refractivity contribution in [2.24, 2.45) is 5.92 Å². The van der Waals surface area contributed by atoms with Crippen molar-refractivity contribution in [3.05, 3.63) is 0 Å². The van der Waals surface area contributed by atoms with Crippen LogP contribution in [0.1, 0.15) is 118 Å². The first kappa shape index (κ1) is 33.0. The van der Waals surface area contributed by atoms with E-state index in [1.807, 2.05) is 20.8 Å². The van der Waals surface area contributed by atoms with Gasteiger partial charge in [0.05, 0.1) is 6.61 Å². The van der Waals surface area contributed by atoms with E-state index in [0.29, 0.717) is 38.1 Å². The van der Waals surface area contributed by atoms with Crippen LogP contribution in [0.4, 0.5) is 0 Å². The van der Waals surface area contributed by atoms with Gasteiger partial charge in [0, 0.05) is 38.1 Å². The van der Waals surface area contributed by atoms with E-state index < -0.39 is 30.3 Å². The predicted octanol–water partition coefficient (Wildman–Crippen LogP) is 5.12. The average molecular weight is 554 g/mol. The molecule has 1 saturated carbocycles. The van der Waals surface area contributed by atoms with Gasteiger partial charge < -0.3 is 23.8 Å². The minimum absolute atomic E-state index is 0.00323. The number of likely N-dealkylation sites (tertiary alicyclic amines) is 1. The zero-order valence-electron chi connectivity index (χ0n) is 24.6. The minimum Gasteiger partial charge on any atom is -0.466 e. The maximum Gasteiger partial charge on any atom is 0.306 e. The van der Waals surface area contributed by atoms with Crippen LogP contribution < -0.4 is 0 Å². The molecule has 0 spiro atoms. The first-order valence-corrected chi connectivity index (χ1v) is 15.2. The van der Waals surface area contributed by atoms with E-state index in [-0.39, 0.29) is 44.2 Å². The zero-order chi connectivity index (χ0) is 28.6. The van der Waals surface area contributed by atoms with Gasteiger partial charge in [-0.2, -0.15) is 0 Å². The molecule has 224 valence electrons. The van der Waals surface area contributed by atoms with E-state index in [1.54, 1.807) is 6.92 Å². The molecule has 2 fully saturated rings. The Morgan fingerprint density at radius 1 is 0.795 bits per heavy atom. The molecule has 0 aromatic carbocycles. The molecule has 1 aliphatic carbocycles. The Morgan fingerprint density at radius 3 is 2.13 bits per heavy atom. The number of piperidine rings is 1. The highest BCUT2D eigenvalue weighted by Crippen LogP contribution is 2.34. The maximum atomic E-state index is 12.8. The van der Waals surface area contributed by atoms with E-state index in [4.69, 9.17) is 18.9 Å². The van der Waals surface area contributed by atoms with Gasteiger partial charge in [-0.05, 0) is 70.9 Å². The van der Waals surface area contributed by atoms with E-state index >= 15 is 0 Å². The summed E-state index contributed by atoms with van der Waals surface area (Å²) in [5, 5.41) is 0. The summed E-state index contributed by atoms with van der Waals surface area (Å²) in [5.74, 6) is -0.740. The molecule has 1 aliphatic heterocycles. The highest BCUT2D eigenvalue weighted by Gasteiger charge is 2.36. The third kappa shape index (κ3) is 12.3. The predicted molar refractivity (Wildman–Crippen MR) is 147 cm³/mol. The van der Waals surface area contributed by atoms with Gasteiger partial charge in [0.1, 0.15) is 12.2 Å². The monoisotopic (exact) mass is 553 g/mol. The maximum absolute atomic E-state index is 12.8. The summed E-state index contributed by atoms with van der Waals surface area (Å²) in [6.45, 7) is 9.24. The molecule has 1 heterocycles. The highest BCUT2D eigenvalue weighted by atomic mass is 16.6. The molecule has 0 aromatic rings. The molecule has 9 heteroatoms. The lowest BCUT2D eigenvalue weighted by Gasteiger charge is -2.43. The third-order valence-electron chi connectivity index (χ3n) is 7.65. The quantitative estimate of drug-likeness (QED) is 0.169. The van der Waals surface area contributed by atoms with Gasteiger partial charge >= 0.3 is 23.9 Å². The molecule has 2 unspecified atom stereocenters. The van der Waals surface area contributed by atoms with Crippen LogP contribution in [0.5, 0.6) is 0 Å². The Hall–Kier alpha value is -2.16. The van der Waals surface area contributed by atoms with Crippen LogP contribution >= 0.6 is 0 Å². The second kappa shape index (κ2) is 18.2. The Kier molecular flexibility index (Phi) is 15.5. The van der Waals surface area contributed by atoms with Crippen LogP contribution in [-0.2, 0) is 38.1 Å². The normalized spacial score (nSPS) is 21.3. The van der Waals surface area contributed by atoms with Gasteiger partial charge in [0.2, 0.25) is 0 Å². The van der Waals surface area contributed by atoms with Crippen LogP contribution in [0.15, 0.2) is 0 Å². The number of nitrogens with zero attached hydrogens (tertiary/aromatic N) is 1. The minimum atomic E-state index is -1.00. The summed E-state index contributed by atoms with van der Waals surface area (Å²) in [5.41, 5.74) is 0. The van der Waals surface area contributed by atoms with Gasteiger partial charge in [0.25, 0.3) is 0 Å². The van der Waals surface area contributed by atoms with Gasteiger partial charge in [-0.1, -0.05) is 33.6 Å². The standard InChI is InChI=1S/C30H51NO8/c1-5-10-26(32)36-20-17-25(38-27(33)11-6-2)30(39-28(34)12-7-3)22(4)37-29(35)15-9-18-31-19-16-23-13-8-14-24(31)21-23/h22-25,30H,5-21H2,1-4H3/t22-,23?,24?,25+,30+/m0/s1. The zero-order valence-corrected chi connectivity index (χ0v) is 24.6. The summed E-state index contributed by atoms with van der Waals surface area (Å²) in [6.07, 6.45) is 7.32. The van der Waals surface area contributed by atoms with Crippen LogP contribution in [0.2, 0.25) is 0 Å². The Balaban J connectivity index is 1.98. The topological polar surface area (TPSA) is 108 Å². The molecule has 2 rings (SSSR count). The molecule has 1 saturated heterocycles. The number of carbonyl (C=O) groups is 4. The first-order chi connectivity index (χ1) is 18.8. The van der Waals surface area contributed by atoms with Crippen molar-refractivity contribution in [3.63, 3.8) is 0 Å². The summed E-state index contributed by atoms with van der Waals surface area (Å²) in [7, 11) is 0. The molecule has 5 atom stereocenters. The molecular weight excluding hydrogens is 502 g/mol. The van der Waals surface area contributed by atoms with Crippen LogP contribution in [-0.4, -0.2) is 72.8 Å². The van der Waals surface area contributed by atoms with Crippen LogP contribution in [0.25, 0.3) is 0 Å². The fraction of sp³-hybridized carbons (Fsp3) is 0.867. The molecule has 2 bridgehead atoms. The highest BCUT2D eigenvalue weighted by molar-refractivity contribution is 5.71. The van der Waals surface area contributed by atoms with E-state index in [1.165, 1.54) is 32.1 Å². The summed E-state index contributed by atoms with van der Waals surface area (Å²) in [4.78, 5) is 52.0. The summed E-state index contributed by atoms with van der Waals surface area (Å²) >= 11 is 0. The smallest absolute Gasteiger partial charge is 0.306 e. The van der Waals surface area contributed by atoms with Crippen molar-refractivity contribution in [2.45, 2.75) is 142 Å². The van der Waals surface area contributed by atoms with Crippen molar-refractivity contribution in [3.8, 4) is 0 Å². The first-order valence-electron chi connectivity index (χ1n) is 15.2. The number of fused-ring (bicyclic) bond motifs is 2. The van der Waals surface area contributed by atoms with Crippen molar-refractivity contribution in [1.82, 2.24) is 4.90 Å². The lowest BCUT2D eigenvalue weighted by Crippen LogP contribution is -2.45. The van der Waals surface area contributed by atoms with Gasteiger partial charge in [-0.15, -0.1) is 0 Å². The number of carbonyl (C=O) groups excluding carboxylic acids is 4. The number of esters is 4. The molecule has 2 aliphatic rings. The largest absolute Gasteiger partial charge is 0.466 e. The number of ether oxygens (including phenoxy) is 4. The second-order valence-corrected chi connectivity index (χ2v) is 11.1. The van der Waals surface area contributed by atoms with Crippen molar-refractivity contribution >= 4 is 23.9 Å². The number of hydrogen-bond donors (Lipinski definition) is 0. The molecule has 0 aromatic heterocycles. The van der Waals surface area contributed by atoms with E-state index in [9.17, 15) is 19.2 Å². The number of rotatable bonds is 18. The summed E-state index contributed by atoms with van der Waals surface area (Å²) in [6, 6.07) is 0.639. The van der Waals surface area contributed by atoms with Gasteiger partial charge in [-0.3, -0.25) is 19.2 Å². The lowest BCUT2D eigenvalue weighted by molar-refractivity contribution is -0.186. The molecule has 9 nitrogen and oxygen atoms in total. The van der Waals surface area contributed by atoms with Gasteiger partial charge in [0.15, 0.2) is 6.10 Å². The lowest BCUT2D eigenvalue weighted by atomic mass is 9.79. The SMILES string of the molecule is CCCC(=O)OCC[C@@H](OC(=O)CCC)[C@H](OC(=O)CCC)[C@H](C)OC(=O)CCCN1CCC2CCCC1C2. The average Bonchev–Trinajstić information content (AvgIpc) is 2.88. The van der Waals surface area contributed by atoms with Crippen LogP contribution in [0.3, 0.4) is 0 Å². The fourth-order valence-corrected chi connectivity index (χ4v) is 5.62. The molecule has 0 N–H and O–H groups in total. The third-order valence-corrected chi connectivity index (χ3v) is 7.65. The summed E-state index contributed by atoms with van der Waals surface area (Å²) < 4.78 is 22.4. The van der Waals surface area contributed by atoms with Crippen molar-refractivity contribution in [1.29, 1.82) is 0 Å². The molecule has 0 amide bonds.